The smallest absolute Gasteiger partial charge is 0.264 e. The number of halogens is 1. The third-order valence-electron chi connectivity index (χ3n) is 1.80. The zero-order valence-electron chi connectivity index (χ0n) is 6.75. The lowest BCUT2D eigenvalue weighted by atomic mass is 10.2. The summed E-state index contributed by atoms with van der Waals surface area (Å²) in [5.41, 5.74) is 0. The van der Waals surface area contributed by atoms with Crippen LogP contribution in [-0.4, -0.2) is 25.2 Å². The van der Waals surface area contributed by atoms with Crippen molar-refractivity contribution in [2.24, 2.45) is 0 Å². The molecule has 1 aromatic heterocycles. The van der Waals surface area contributed by atoms with Crippen LogP contribution in [0.4, 0.5) is 4.39 Å². The fourth-order valence-electron chi connectivity index (χ4n) is 1.03. The minimum atomic E-state index is -0.456. The first-order valence-electron chi connectivity index (χ1n) is 3.89. The highest BCUT2D eigenvalue weighted by Crippen LogP contribution is 2.15. The van der Waals surface area contributed by atoms with Gasteiger partial charge in [0.25, 0.3) is 5.91 Å². The van der Waals surface area contributed by atoms with Gasteiger partial charge in [0.1, 0.15) is 10.7 Å². The van der Waals surface area contributed by atoms with Gasteiger partial charge in [0, 0.05) is 0 Å². The Balaban J connectivity index is 2.00. The second-order valence-electron chi connectivity index (χ2n) is 2.81. The van der Waals surface area contributed by atoms with Crippen LogP contribution in [0.15, 0.2) is 11.4 Å². The van der Waals surface area contributed by atoms with E-state index in [0.29, 0.717) is 13.2 Å². The molecule has 0 saturated carbocycles. The number of hydrogen-bond acceptors (Lipinski definition) is 3. The van der Waals surface area contributed by atoms with Crippen LogP contribution in [0, 0.1) is 5.82 Å². The summed E-state index contributed by atoms with van der Waals surface area (Å²) in [4.78, 5) is 11.5. The Bertz CT molecular complexity index is 322. The molecule has 3 nitrogen and oxygen atoms in total. The Morgan fingerprint density at radius 2 is 2.46 bits per heavy atom. The lowest BCUT2D eigenvalue weighted by Gasteiger charge is -2.26. The highest BCUT2D eigenvalue weighted by molar-refractivity contribution is 7.12. The molecule has 1 fully saturated rings. The lowest BCUT2D eigenvalue weighted by molar-refractivity contribution is -0.00344. The number of carbonyl (C=O) groups is 1. The topological polar surface area (TPSA) is 38.3 Å². The van der Waals surface area contributed by atoms with Gasteiger partial charge in [0.2, 0.25) is 0 Å². The first-order chi connectivity index (χ1) is 6.27. The van der Waals surface area contributed by atoms with E-state index in [2.05, 4.69) is 5.32 Å². The monoisotopic (exact) mass is 201 g/mol. The molecule has 0 unspecified atom stereocenters. The van der Waals surface area contributed by atoms with Crippen molar-refractivity contribution in [3.8, 4) is 0 Å². The van der Waals surface area contributed by atoms with Gasteiger partial charge in [-0.3, -0.25) is 4.79 Å². The van der Waals surface area contributed by atoms with E-state index in [1.54, 1.807) is 5.38 Å². The zero-order chi connectivity index (χ0) is 9.26. The molecule has 70 valence electrons. The molecular weight excluding hydrogens is 193 g/mol. The molecule has 1 aliphatic heterocycles. The van der Waals surface area contributed by atoms with E-state index in [4.69, 9.17) is 4.74 Å². The molecule has 1 saturated heterocycles. The molecule has 2 heterocycles. The van der Waals surface area contributed by atoms with Crippen LogP contribution in [-0.2, 0) is 4.74 Å². The van der Waals surface area contributed by atoms with Crippen molar-refractivity contribution in [3.63, 3.8) is 0 Å². The van der Waals surface area contributed by atoms with E-state index in [1.807, 2.05) is 0 Å². The number of rotatable bonds is 2. The normalized spacial score (nSPS) is 16.7. The van der Waals surface area contributed by atoms with Crippen LogP contribution < -0.4 is 5.32 Å². The van der Waals surface area contributed by atoms with Crippen molar-refractivity contribution in [3.05, 3.63) is 22.1 Å². The predicted molar refractivity (Wildman–Crippen MR) is 46.4 cm³/mol. The molecule has 1 N–H and O–H groups in total. The highest BCUT2D eigenvalue weighted by atomic mass is 32.1. The maximum atomic E-state index is 12.9. The maximum Gasteiger partial charge on any atom is 0.264 e. The molecule has 13 heavy (non-hydrogen) atoms. The molecule has 0 aliphatic carbocycles. The zero-order valence-corrected chi connectivity index (χ0v) is 7.57. The van der Waals surface area contributed by atoms with E-state index >= 15 is 0 Å². The molecule has 1 amide bonds. The van der Waals surface area contributed by atoms with Gasteiger partial charge in [0.05, 0.1) is 19.3 Å². The van der Waals surface area contributed by atoms with Crippen LogP contribution in [0.3, 0.4) is 0 Å². The molecule has 0 atom stereocenters. The summed E-state index contributed by atoms with van der Waals surface area (Å²) in [6, 6.07) is 1.34. The Hall–Kier alpha value is -0.940. The van der Waals surface area contributed by atoms with E-state index in [-0.39, 0.29) is 16.8 Å². The highest BCUT2D eigenvalue weighted by Gasteiger charge is 2.22. The fraction of sp³-hybridized carbons (Fsp3) is 0.375. The first kappa shape index (κ1) is 8.65. The summed E-state index contributed by atoms with van der Waals surface area (Å²) >= 11 is 1.11. The van der Waals surface area contributed by atoms with E-state index in [0.717, 1.165) is 11.3 Å². The molecule has 0 radical (unpaired) electrons. The lowest BCUT2D eigenvalue weighted by Crippen LogP contribution is -2.48. The fourth-order valence-corrected chi connectivity index (χ4v) is 1.70. The summed E-state index contributed by atoms with van der Waals surface area (Å²) < 4.78 is 17.8. The number of thiophene rings is 1. The summed E-state index contributed by atoms with van der Waals surface area (Å²) in [6.45, 7) is 1.05. The summed E-state index contributed by atoms with van der Waals surface area (Å²) in [5.74, 6) is -0.802. The van der Waals surface area contributed by atoms with Gasteiger partial charge in [-0.1, -0.05) is 0 Å². The minimum absolute atomic E-state index is 0.0500. The van der Waals surface area contributed by atoms with Crippen molar-refractivity contribution in [2.45, 2.75) is 6.04 Å². The number of amides is 1. The third-order valence-corrected chi connectivity index (χ3v) is 2.68. The van der Waals surface area contributed by atoms with E-state index in [9.17, 15) is 9.18 Å². The molecule has 0 spiro atoms. The van der Waals surface area contributed by atoms with Gasteiger partial charge < -0.3 is 10.1 Å². The van der Waals surface area contributed by atoms with Crippen molar-refractivity contribution in [2.75, 3.05) is 13.2 Å². The number of carbonyl (C=O) groups excluding carboxylic acids is 1. The van der Waals surface area contributed by atoms with Crippen LogP contribution >= 0.6 is 11.3 Å². The van der Waals surface area contributed by atoms with Gasteiger partial charge in [-0.05, 0) is 11.4 Å². The number of hydrogen-bond donors (Lipinski definition) is 1. The van der Waals surface area contributed by atoms with Crippen LogP contribution in [0.5, 0.6) is 0 Å². The average Bonchev–Trinajstić information content (AvgIpc) is 2.43. The van der Waals surface area contributed by atoms with Gasteiger partial charge >= 0.3 is 0 Å². The second kappa shape index (κ2) is 3.43. The van der Waals surface area contributed by atoms with Crippen LogP contribution in [0.2, 0.25) is 0 Å². The SMILES string of the molecule is O=C(NC1COC1)c1sccc1F. The quantitative estimate of drug-likeness (QED) is 0.775. The Morgan fingerprint density at radius 1 is 1.69 bits per heavy atom. The Morgan fingerprint density at radius 3 is 2.92 bits per heavy atom. The average molecular weight is 201 g/mol. The molecule has 0 bridgehead atoms. The Kier molecular flexibility index (Phi) is 2.28. The summed E-state index contributed by atoms with van der Waals surface area (Å²) in [6.07, 6.45) is 0. The van der Waals surface area contributed by atoms with Crippen molar-refractivity contribution >= 4 is 17.2 Å². The van der Waals surface area contributed by atoms with Gasteiger partial charge in [-0.15, -0.1) is 11.3 Å². The molecule has 1 aromatic rings. The molecule has 1 aliphatic rings. The van der Waals surface area contributed by atoms with Crippen molar-refractivity contribution in [1.82, 2.24) is 5.32 Å². The third kappa shape index (κ3) is 1.71. The second-order valence-corrected chi connectivity index (χ2v) is 3.72. The van der Waals surface area contributed by atoms with E-state index < -0.39 is 5.82 Å². The Labute approximate surface area is 78.5 Å². The van der Waals surface area contributed by atoms with Crippen molar-refractivity contribution in [1.29, 1.82) is 0 Å². The van der Waals surface area contributed by atoms with Crippen LogP contribution in [0.1, 0.15) is 9.67 Å². The molecule has 0 aromatic carbocycles. The molecule has 5 heteroatoms. The first-order valence-corrected chi connectivity index (χ1v) is 4.77. The standard InChI is InChI=1S/C8H8FNO2S/c9-6-1-2-13-7(6)8(11)10-5-3-12-4-5/h1-2,5H,3-4H2,(H,10,11). The minimum Gasteiger partial charge on any atom is -0.377 e. The maximum absolute atomic E-state index is 12.9. The van der Waals surface area contributed by atoms with Gasteiger partial charge in [0.15, 0.2) is 0 Å². The van der Waals surface area contributed by atoms with Gasteiger partial charge in [-0.2, -0.15) is 0 Å². The predicted octanol–water partition coefficient (Wildman–Crippen LogP) is 1.02. The van der Waals surface area contributed by atoms with Crippen molar-refractivity contribution < 1.29 is 13.9 Å². The molecule has 2 rings (SSSR count). The summed E-state index contributed by atoms with van der Waals surface area (Å²) in [7, 11) is 0. The van der Waals surface area contributed by atoms with E-state index in [1.165, 1.54) is 6.07 Å². The van der Waals surface area contributed by atoms with Crippen LogP contribution in [0.25, 0.3) is 0 Å². The number of ether oxygens (including phenoxy) is 1. The largest absolute Gasteiger partial charge is 0.377 e. The molecular formula is C8H8FNO2S. The summed E-state index contributed by atoms with van der Waals surface area (Å²) in [5, 5.41) is 4.22. The number of nitrogens with one attached hydrogen (secondary N) is 1. The van der Waals surface area contributed by atoms with Gasteiger partial charge in [-0.25, -0.2) is 4.39 Å².